The molecule has 3 N–H and O–H groups in total. The Hall–Kier alpha value is -4.88. The Balaban J connectivity index is 1.40. The lowest BCUT2D eigenvalue weighted by Gasteiger charge is -2.37. The summed E-state index contributed by atoms with van der Waals surface area (Å²) in [6.45, 7) is 15.3. The first-order chi connectivity index (χ1) is 27.7. The van der Waals surface area contributed by atoms with E-state index >= 15 is 4.79 Å². The molecule has 2 aliphatic rings. The first-order valence-electron chi connectivity index (χ1n) is 20.3. The smallest absolute Gasteiger partial charge is 0.264 e. The zero-order valence-corrected chi connectivity index (χ0v) is 36.1. The molecule has 1 saturated heterocycles. The third-order valence-corrected chi connectivity index (χ3v) is 16.5. The number of ether oxygens (including phenoxy) is 2. The number of carbonyl (C=O) groups is 2. The van der Waals surface area contributed by atoms with Gasteiger partial charge in [-0.1, -0.05) is 96.2 Å². The molecular formula is C46H59N5O6Si. The summed E-state index contributed by atoms with van der Waals surface area (Å²) < 4.78 is 14.7. The van der Waals surface area contributed by atoms with E-state index in [0.717, 1.165) is 29.8 Å². The molecule has 1 unspecified atom stereocenters. The van der Waals surface area contributed by atoms with Crippen LogP contribution in [0.1, 0.15) is 76.6 Å². The molecule has 0 saturated carbocycles. The van der Waals surface area contributed by atoms with Crippen LogP contribution in [0.5, 0.6) is 5.75 Å². The van der Waals surface area contributed by atoms with Crippen LogP contribution >= 0.6 is 0 Å². The summed E-state index contributed by atoms with van der Waals surface area (Å²) in [4.78, 5) is 29.8. The molecule has 1 aromatic heterocycles. The van der Waals surface area contributed by atoms with Crippen molar-refractivity contribution in [2.45, 2.75) is 103 Å². The van der Waals surface area contributed by atoms with E-state index in [1.165, 1.54) is 23.3 Å². The van der Waals surface area contributed by atoms with Gasteiger partial charge in [0.25, 0.3) is 11.8 Å². The number of nitrogens with one attached hydrogen (secondary N) is 1. The number of aryl methyl sites for hydroxylation is 1. The van der Waals surface area contributed by atoms with Crippen LogP contribution < -0.4 is 20.1 Å². The van der Waals surface area contributed by atoms with Gasteiger partial charge in [0, 0.05) is 36.5 Å². The number of hydrogen-bond donors (Lipinski definition) is 3. The largest absolute Gasteiger partial charge is 0.497 e. The van der Waals surface area contributed by atoms with Crippen molar-refractivity contribution in [3.05, 3.63) is 119 Å². The first-order valence-corrected chi connectivity index (χ1v) is 23.4. The van der Waals surface area contributed by atoms with Gasteiger partial charge in [0.15, 0.2) is 5.60 Å². The van der Waals surface area contributed by atoms with Crippen LogP contribution in [0.15, 0.2) is 102 Å². The molecule has 11 nitrogen and oxygen atoms in total. The number of aliphatic hydroxyl groups is 2. The molecule has 3 aromatic carbocycles. The Morgan fingerprint density at radius 2 is 1.79 bits per heavy atom. The zero-order chi connectivity index (χ0) is 41.8. The summed E-state index contributed by atoms with van der Waals surface area (Å²) in [6.07, 6.45) is 7.08. The Morgan fingerprint density at radius 1 is 1.07 bits per heavy atom. The molecule has 58 heavy (non-hydrogen) atoms. The van der Waals surface area contributed by atoms with Crippen LogP contribution in [0.2, 0.25) is 18.6 Å². The maximum Gasteiger partial charge on any atom is 0.264 e. The van der Waals surface area contributed by atoms with Gasteiger partial charge in [-0.2, -0.15) is 0 Å². The number of anilines is 2. The van der Waals surface area contributed by atoms with E-state index in [1.54, 1.807) is 13.2 Å². The summed E-state index contributed by atoms with van der Waals surface area (Å²) >= 11 is 0. The van der Waals surface area contributed by atoms with Gasteiger partial charge in [0.2, 0.25) is 0 Å². The summed E-state index contributed by atoms with van der Waals surface area (Å²) in [5.41, 5.74) is 4.72. The van der Waals surface area contributed by atoms with Gasteiger partial charge in [0.05, 0.1) is 45.2 Å². The third kappa shape index (κ3) is 8.61. The summed E-state index contributed by atoms with van der Waals surface area (Å²) in [7, 11) is -0.779. The highest BCUT2D eigenvalue weighted by atomic mass is 28.3. The van der Waals surface area contributed by atoms with Crippen LogP contribution in [-0.4, -0.2) is 77.6 Å². The minimum atomic E-state index is -2.44. The van der Waals surface area contributed by atoms with Crippen LogP contribution in [0.3, 0.4) is 0 Å². The molecule has 1 fully saturated rings. The van der Waals surface area contributed by atoms with Crippen molar-refractivity contribution in [2.24, 2.45) is 5.92 Å². The molecule has 1 spiro atoms. The second-order valence-corrected chi connectivity index (χ2v) is 21.4. The standard InChI is InChI=1S/C46H59N5O6Si/c1-30(2)13-12-14-31(3)23-26-51-41-22-17-35(47-44(54)33(5)53)27-39(41)46(45(51)55)32(4)43(58(7,8)37-20-18-36(56-6)19-21-37)42(57-46)24-25-50-28-40(48-49-50)38(29-52)34-15-10-9-11-16-34/h9-11,13,15-23,27-28,32-33,38,42-43,52-53H,12,14,24-26,29H2,1-8H3,(H,47,54)/b31-23+/t32-,33+,38?,42+,43-,46+/m1/s1. The fraction of sp³-hybridized carbons (Fsp3) is 0.435. The molecule has 6 atom stereocenters. The van der Waals surface area contributed by atoms with Crippen molar-refractivity contribution in [3.63, 3.8) is 0 Å². The lowest BCUT2D eigenvalue weighted by Crippen LogP contribution is -2.52. The molecule has 0 radical (unpaired) electrons. The third-order valence-electron chi connectivity index (χ3n) is 12.1. The van der Waals surface area contributed by atoms with Crippen LogP contribution in [0, 0.1) is 5.92 Å². The highest BCUT2D eigenvalue weighted by Crippen LogP contribution is 2.60. The molecular weight excluding hydrogens is 747 g/mol. The van der Waals surface area contributed by atoms with Gasteiger partial charge in [0.1, 0.15) is 11.9 Å². The van der Waals surface area contributed by atoms with Crippen molar-refractivity contribution >= 4 is 36.4 Å². The van der Waals surface area contributed by atoms with E-state index in [1.807, 2.05) is 70.4 Å². The van der Waals surface area contributed by atoms with E-state index in [2.05, 4.69) is 80.7 Å². The molecule has 0 bridgehead atoms. The van der Waals surface area contributed by atoms with Gasteiger partial charge < -0.3 is 29.9 Å². The fourth-order valence-electron chi connectivity index (χ4n) is 8.92. The molecule has 0 aliphatic carbocycles. The molecule has 3 heterocycles. The van der Waals surface area contributed by atoms with Crippen LogP contribution in [0.25, 0.3) is 0 Å². The number of aliphatic hydroxyl groups excluding tert-OH is 2. The fourth-order valence-corrected chi connectivity index (χ4v) is 13.0. The van der Waals surface area contributed by atoms with Crippen LogP contribution in [-0.2, 0) is 26.5 Å². The molecule has 2 amide bonds. The lowest BCUT2D eigenvalue weighted by atomic mass is 9.82. The molecule has 12 heteroatoms. The quantitative estimate of drug-likeness (QED) is 0.0808. The van der Waals surface area contributed by atoms with Gasteiger partial charge in [-0.15, -0.1) is 5.10 Å². The maximum absolute atomic E-state index is 15.3. The normalized spacial score (nSPS) is 21.6. The van der Waals surface area contributed by atoms with Crippen molar-refractivity contribution in [1.82, 2.24) is 15.0 Å². The van der Waals surface area contributed by atoms with E-state index in [9.17, 15) is 15.0 Å². The predicted octanol–water partition coefficient (Wildman–Crippen LogP) is 7.08. The summed E-state index contributed by atoms with van der Waals surface area (Å²) in [5, 5.41) is 33.4. The predicted molar refractivity (Wildman–Crippen MR) is 231 cm³/mol. The lowest BCUT2D eigenvalue weighted by molar-refractivity contribution is -0.145. The number of methoxy groups -OCH3 is 1. The van der Waals surface area contributed by atoms with E-state index in [4.69, 9.17) is 9.47 Å². The molecule has 2 aliphatic heterocycles. The SMILES string of the molecule is COc1ccc([Si](C)(C)[C@H]2[C@H](CCn3cc(C(CO)c4ccccc4)nn3)O[C@@]3(C(=O)N(C/C=C(\C)CCC=C(C)C)c4ccc(NC(=O)[C@H](C)O)cc43)[C@@H]2C)cc1. The first kappa shape index (κ1) is 42.7. The van der Waals surface area contributed by atoms with Crippen molar-refractivity contribution in [2.75, 3.05) is 30.5 Å². The highest BCUT2D eigenvalue weighted by molar-refractivity contribution is 6.91. The monoisotopic (exact) mass is 805 g/mol. The highest BCUT2D eigenvalue weighted by Gasteiger charge is 2.66. The Bertz CT molecular complexity index is 2130. The molecule has 6 rings (SSSR count). The maximum atomic E-state index is 15.3. The van der Waals surface area contributed by atoms with E-state index < -0.39 is 25.7 Å². The summed E-state index contributed by atoms with van der Waals surface area (Å²) in [6, 6.07) is 23.6. The number of hydrogen-bond acceptors (Lipinski definition) is 8. The minimum absolute atomic E-state index is 0.0211. The second kappa shape index (κ2) is 17.9. The number of aromatic nitrogens is 3. The average molecular weight is 806 g/mol. The second-order valence-electron chi connectivity index (χ2n) is 16.7. The van der Waals surface area contributed by atoms with Gasteiger partial charge in [-0.25, -0.2) is 0 Å². The number of nitrogens with zero attached hydrogens (tertiary/aromatic N) is 4. The number of rotatable bonds is 16. The topological polar surface area (TPSA) is 139 Å². The van der Waals surface area contributed by atoms with Gasteiger partial charge in [-0.05, 0) is 88.4 Å². The van der Waals surface area contributed by atoms with Gasteiger partial charge >= 0.3 is 0 Å². The minimum Gasteiger partial charge on any atom is -0.497 e. The Morgan fingerprint density at radius 3 is 2.45 bits per heavy atom. The number of allylic oxidation sites excluding steroid dienone is 3. The van der Waals surface area contributed by atoms with Crippen molar-refractivity contribution in [1.29, 1.82) is 0 Å². The Labute approximate surface area is 343 Å². The van der Waals surface area contributed by atoms with Crippen LogP contribution in [0.4, 0.5) is 11.4 Å². The number of carbonyl (C=O) groups excluding carboxylic acids is 2. The van der Waals surface area contributed by atoms with Crippen molar-refractivity contribution < 1.29 is 29.3 Å². The number of fused-ring (bicyclic) bond motifs is 2. The van der Waals surface area contributed by atoms with E-state index in [0.29, 0.717) is 36.5 Å². The zero-order valence-electron chi connectivity index (χ0n) is 35.1. The van der Waals surface area contributed by atoms with Gasteiger partial charge in [-0.3, -0.25) is 14.3 Å². The molecule has 308 valence electrons. The number of amides is 2. The van der Waals surface area contributed by atoms with Crippen molar-refractivity contribution in [3.8, 4) is 5.75 Å². The molecule has 4 aromatic rings. The Kier molecular flexibility index (Phi) is 13.2. The number of benzene rings is 3. The van der Waals surface area contributed by atoms with E-state index in [-0.39, 0.29) is 36.0 Å². The summed E-state index contributed by atoms with van der Waals surface area (Å²) in [5.74, 6) is -0.431. The average Bonchev–Trinajstić information content (AvgIpc) is 3.86.